The molecular formula is C16H26NO2+. The number of benzene rings is 1. The van der Waals surface area contributed by atoms with Crippen molar-refractivity contribution in [2.45, 2.75) is 32.6 Å². The maximum atomic E-state index is 11.9. The van der Waals surface area contributed by atoms with Crippen molar-refractivity contribution in [1.82, 2.24) is 0 Å². The lowest BCUT2D eigenvalue weighted by atomic mass is 10.2. The second kappa shape index (κ2) is 7.95. The van der Waals surface area contributed by atoms with E-state index in [2.05, 4.69) is 21.0 Å². The van der Waals surface area contributed by atoms with Gasteiger partial charge in [-0.3, -0.25) is 0 Å². The van der Waals surface area contributed by atoms with Crippen LogP contribution < -0.4 is 4.74 Å². The van der Waals surface area contributed by atoms with Crippen LogP contribution in [0.15, 0.2) is 30.3 Å². The van der Waals surface area contributed by atoms with Crippen LogP contribution in [0.2, 0.25) is 0 Å². The summed E-state index contributed by atoms with van der Waals surface area (Å²) in [6.45, 7) is 3.64. The molecule has 0 saturated heterocycles. The molecule has 0 atom stereocenters. The largest absolute Gasteiger partial charge is 0.422 e. The molecule has 0 aliphatic rings. The fourth-order valence-electron chi connectivity index (χ4n) is 2.05. The van der Waals surface area contributed by atoms with E-state index in [1.165, 1.54) is 25.7 Å². The molecular weight excluding hydrogens is 238 g/mol. The van der Waals surface area contributed by atoms with E-state index in [1.54, 1.807) is 12.1 Å². The normalized spacial score (nSPS) is 11.3. The van der Waals surface area contributed by atoms with Gasteiger partial charge in [0.05, 0.1) is 20.6 Å². The summed E-state index contributed by atoms with van der Waals surface area (Å²) in [6, 6.07) is 9.25. The zero-order valence-corrected chi connectivity index (χ0v) is 12.4. The highest BCUT2D eigenvalue weighted by Crippen LogP contribution is 2.10. The van der Waals surface area contributed by atoms with Crippen molar-refractivity contribution in [3.8, 4) is 5.75 Å². The molecule has 0 heterocycles. The predicted molar refractivity (Wildman–Crippen MR) is 78.1 cm³/mol. The molecule has 0 bridgehead atoms. The lowest BCUT2D eigenvalue weighted by molar-refractivity contribution is -0.883. The van der Waals surface area contributed by atoms with Crippen molar-refractivity contribution in [3.63, 3.8) is 0 Å². The summed E-state index contributed by atoms with van der Waals surface area (Å²) in [5.74, 6) is 0.463. The van der Waals surface area contributed by atoms with E-state index in [1.807, 2.05) is 18.2 Å². The Labute approximate surface area is 116 Å². The number of unbranched alkanes of at least 4 members (excludes halogenated alkanes) is 3. The van der Waals surface area contributed by atoms with E-state index in [-0.39, 0.29) is 5.97 Å². The van der Waals surface area contributed by atoms with Crippen molar-refractivity contribution in [1.29, 1.82) is 0 Å². The molecule has 19 heavy (non-hydrogen) atoms. The molecule has 0 aromatic heterocycles. The van der Waals surface area contributed by atoms with Crippen LogP contribution in [0.5, 0.6) is 5.75 Å². The standard InChI is InChI=1S/C16H26NO2/c1-4-5-6-10-13-17(2,3)14-16(18)19-15-11-8-7-9-12-15/h7-9,11-12H,4-6,10,13-14H2,1-3H3/q+1. The highest BCUT2D eigenvalue weighted by Gasteiger charge is 2.21. The minimum Gasteiger partial charge on any atom is -0.422 e. The summed E-state index contributed by atoms with van der Waals surface area (Å²) in [6.07, 6.45) is 4.92. The first kappa shape index (κ1) is 15.7. The van der Waals surface area contributed by atoms with E-state index in [0.717, 1.165) is 6.54 Å². The Balaban J connectivity index is 2.33. The number of nitrogens with zero attached hydrogens (tertiary/aromatic N) is 1. The Bertz CT molecular complexity index is 374. The number of carbonyl (C=O) groups is 1. The van der Waals surface area contributed by atoms with Gasteiger partial charge in [-0.05, 0) is 25.0 Å². The van der Waals surface area contributed by atoms with Crippen LogP contribution in [0.25, 0.3) is 0 Å². The van der Waals surface area contributed by atoms with Crippen LogP contribution in [0.4, 0.5) is 0 Å². The van der Waals surface area contributed by atoms with Gasteiger partial charge in [0.1, 0.15) is 5.75 Å². The second-order valence-electron chi connectivity index (χ2n) is 5.67. The Hall–Kier alpha value is -1.35. The summed E-state index contributed by atoms with van der Waals surface area (Å²) in [5.41, 5.74) is 0. The molecule has 0 aliphatic heterocycles. The minimum atomic E-state index is -0.160. The van der Waals surface area contributed by atoms with Crippen LogP contribution in [0.1, 0.15) is 32.6 Å². The van der Waals surface area contributed by atoms with Gasteiger partial charge in [0.15, 0.2) is 6.54 Å². The number of likely N-dealkylation sites (N-methyl/N-ethyl adjacent to an activating group) is 1. The smallest absolute Gasteiger partial charge is 0.367 e. The van der Waals surface area contributed by atoms with Gasteiger partial charge in [0.25, 0.3) is 0 Å². The highest BCUT2D eigenvalue weighted by atomic mass is 16.5. The Morgan fingerprint density at radius 1 is 1.11 bits per heavy atom. The molecule has 1 aromatic rings. The Morgan fingerprint density at radius 2 is 1.79 bits per heavy atom. The van der Waals surface area contributed by atoms with Gasteiger partial charge in [-0.1, -0.05) is 38.0 Å². The second-order valence-corrected chi connectivity index (χ2v) is 5.67. The fourth-order valence-corrected chi connectivity index (χ4v) is 2.05. The number of hydrogen-bond acceptors (Lipinski definition) is 2. The Morgan fingerprint density at radius 3 is 2.42 bits per heavy atom. The van der Waals surface area contributed by atoms with E-state index >= 15 is 0 Å². The van der Waals surface area contributed by atoms with Crippen molar-refractivity contribution in [3.05, 3.63) is 30.3 Å². The zero-order valence-electron chi connectivity index (χ0n) is 12.4. The van der Waals surface area contributed by atoms with Crippen LogP contribution in [-0.4, -0.2) is 37.6 Å². The van der Waals surface area contributed by atoms with E-state index in [0.29, 0.717) is 16.8 Å². The number of ether oxygens (including phenoxy) is 1. The SMILES string of the molecule is CCCCCC[N+](C)(C)CC(=O)Oc1ccccc1. The molecule has 0 N–H and O–H groups in total. The molecule has 0 unspecified atom stereocenters. The topological polar surface area (TPSA) is 26.3 Å². The monoisotopic (exact) mass is 264 g/mol. The number of carbonyl (C=O) groups excluding carboxylic acids is 1. The van der Waals surface area contributed by atoms with Crippen molar-refractivity contribution in [2.24, 2.45) is 0 Å². The van der Waals surface area contributed by atoms with E-state index in [4.69, 9.17) is 4.74 Å². The fraction of sp³-hybridized carbons (Fsp3) is 0.562. The summed E-state index contributed by atoms with van der Waals surface area (Å²) >= 11 is 0. The summed E-state index contributed by atoms with van der Waals surface area (Å²) in [7, 11) is 4.16. The average molecular weight is 264 g/mol. The van der Waals surface area contributed by atoms with Gasteiger partial charge in [0, 0.05) is 0 Å². The molecule has 0 spiro atoms. The number of rotatable bonds is 8. The first-order valence-electron chi connectivity index (χ1n) is 7.11. The summed E-state index contributed by atoms with van der Waals surface area (Å²) < 4.78 is 6.01. The molecule has 106 valence electrons. The molecule has 0 amide bonds. The van der Waals surface area contributed by atoms with Gasteiger partial charge in [-0.15, -0.1) is 0 Å². The highest BCUT2D eigenvalue weighted by molar-refractivity contribution is 5.73. The van der Waals surface area contributed by atoms with E-state index < -0.39 is 0 Å². The molecule has 1 aromatic carbocycles. The maximum absolute atomic E-state index is 11.9. The average Bonchev–Trinajstić information content (AvgIpc) is 2.35. The lowest BCUT2D eigenvalue weighted by Gasteiger charge is -2.28. The van der Waals surface area contributed by atoms with Crippen molar-refractivity contribution < 1.29 is 14.0 Å². The predicted octanol–water partition coefficient (Wildman–Crippen LogP) is 3.25. The number of hydrogen-bond donors (Lipinski definition) is 0. The number of para-hydroxylation sites is 1. The third-order valence-electron chi connectivity index (χ3n) is 3.15. The third kappa shape index (κ3) is 6.97. The Kier molecular flexibility index (Phi) is 6.57. The summed E-state index contributed by atoms with van der Waals surface area (Å²) in [4.78, 5) is 11.9. The van der Waals surface area contributed by atoms with Gasteiger partial charge < -0.3 is 9.22 Å². The molecule has 0 radical (unpaired) electrons. The quantitative estimate of drug-likeness (QED) is 0.312. The van der Waals surface area contributed by atoms with Crippen LogP contribution >= 0.6 is 0 Å². The van der Waals surface area contributed by atoms with Gasteiger partial charge in [-0.25, -0.2) is 4.79 Å². The maximum Gasteiger partial charge on any atom is 0.367 e. The molecule has 0 fully saturated rings. The molecule has 0 saturated carbocycles. The summed E-state index contributed by atoms with van der Waals surface area (Å²) in [5, 5.41) is 0. The van der Waals surface area contributed by atoms with Crippen LogP contribution in [0.3, 0.4) is 0 Å². The lowest BCUT2D eigenvalue weighted by Crippen LogP contribution is -2.45. The van der Waals surface area contributed by atoms with Crippen molar-refractivity contribution >= 4 is 5.97 Å². The van der Waals surface area contributed by atoms with Gasteiger partial charge in [0.2, 0.25) is 0 Å². The minimum absolute atomic E-state index is 0.160. The van der Waals surface area contributed by atoms with Crippen LogP contribution in [-0.2, 0) is 4.79 Å². The molecule has 3 nitrogen and oxygen atoms in total. The van der Waals surface area contributed by atoms with Gasteiger partial charge >= 0.3 is 5.97 Å². The van der Waals surface area contributed by atoms with E-state index in [9.17, 15) is 4.79 Å². The van der Waals surface area contributed by atoms with Gasteiger partial charge in [-0.2, -0.15) is 0 Å². The van der Waals surface area contributed by atoms with Crippen LogP contribution in [0, 0.1) is 0 Å². The third-order valence-corrected chi connectivity index (χ3v) is 3.15. The molecule has 3 heteroatoms. The first-order chi connectivity index (χ1) is 9.03. The molecule has 1 rings (SSSR count). The number of quaternary nitrogens is 1. The number of esters is 1. The first-order valence-corrected chi connectivity index (χ1v) is 7.11. The zero-order chi connectivity index (χ0) is 14.1. The molecule has 0 aliphatic carbocycles. The van der Waals surface area contributed by atoms with Crippen molar-refractivity contribution in [2.75, 3.05) is 27.2 Å².